The molecule has 2 aromatic carbocycles. The van der Waals surface area contributed by atoms with Crippen LogP contribution in [0.1, 0.15) is 18.5 Å². The summed E-state index contributed by atoms with van der Waals surface area (Å²) in [6.45, 7) is 2.80. The van der Waals surface area contributed by atoms with Crippen molar-refractivity contribution in [2.24, 2.45) is 5.73 Å². The second-order valence-electron chi connectivity index (χ2n) is 4.54. The van der Waals surface area contributed by atoms with Gasteiger partial charge in [-0.3, -0.25) is 0 Å². The molecule has 0 saturated heterocycles. The van der Waals surface area contributed by atoms with Gasteiger partial charge in [0.05, 0.1) is 6.04 Å². The Balaban J connectivity index is 2.40. The Bertz CT molecular complexity index is 572. The predicted octanol–water partition coefficient (Wildman–Crippen LogP) is 3.49. The summed E-state index contributed by atoms with van der Waals surface area (Å²) in [5, 5.41) is 0. The molecule has 0 aliphatic rings. The summed E-state index contributed by atoms with van der Waals surface area (Å²) >= 11 is 0. The molecule has 0 amide bonds. The van der Waals surface area contributed by atoms with Crippen LogP contribution in [0.15, 0.2) is 48.5 Å². The van der Waals surface area contributed by atoms with Gasteiger partial charge in [-0.15, -0.1) is 0 Å². The van der Waals surface area contributed by atoms with E-state index in [0.29, 0.717) is 17.8 Å². The van der Waals surface area contributed by atoms with Gasteiger partial charge in [-0.05, 0) is 31.2 Å². The first-order valence-corrected chi connectivity index (χ1v) is 6.64. The lowest BCUT2D eigenvalue weighted by Crippen LogP contribution is -2.34. The van der Waals surface area contributed by atoms with E-state index in [1.165, 1.54) is 18.2 Å². The Hall–Kier alpha value is -1.94. The van der Waals surface area contributed by atoms with E-state index in [9.17, 15) is 8.78 Å². The summed E-state index contributed by atoms with van der Waals surface area (Å²) in [5.74, 6) is -0.608. The molecule has 2 nitrogen and oxygen atoms in total. The first-order valence-electron chi connectivity index (χ1n) is 6.64. The van der Waals surface area contributed by atoms with Gasteiger partial charge in [-0.2, -0.15) is 0 Å². The molecule has 1 atom stereocenters. The lowest BCUT2D eigenvalue weighted by Gasteiger charge is -2.32. The van der Waals surface area contributed by atoms with Crippen molar-refractivity contribution in [2.45, 2.75) is 13.0 Å². The summed E-state index contributed by atoms with van der Waals surface area (Å²) < 4.78 is 27.3. The van der Waals surface area contributed by atoms with Crippen LogP contribution in [0.3, 0.4) is 0 Å². The van der Waals surface area contributed by atoms with Crippen molar-refractivity contribution in [3.05, 3.63) is 65.7 Å². The van der Waals surface area contributed by atoms with E-state index in [1.54, 1.807) is 30.3 Å². The molecule has 0 aliphatic carbocycles. The second-order valence-corrected chi connectivity index (χ2v) is 4.54. The normalized spacial score (nSPS) is 12.2. The molecule has 0 fully saturated rings. The summed E-state index contributed by atoms with van der Waals surface area (Å²) in [6, 6.07) is 12.5. The zero-order valence-corrected chi connectivity index (χ0v) is 11.4. The van der Waals surface area contributed by atoms with Crippen LogP contribution < -0.4 is 10.6 Å². The van der Waals surface area contributed by atoms with E-state index < -0.39 is 0 Å². The van der Waals surface area contributed by atoms with Crippen molar-refractivity contribution >= 4 is 5.69 Å². The smallest absolute Gasteiger partial charge is 0.128 e. The van der Waals surface area contributed by atoms with Crippen molar-refractivity contribution in [1.82, 2.24) is 0 Å². The van der Waals surface area contributed by atoms with Crippen LogP contribution >= 0.6 is 0 Å². The van der Waals surface area contributed by atoms with Crippen LogP contribution in [0.5, 0.6) is 0 Å². The highest BCUT2D eigenvalue weighted by Gasteiger charge is 2.21. The fraction of sp³-hybridized carbons (Fsp3) is 0.250. The number of benzene rings is 2. The molecule has 2 N–H and O–H groups in total. The number of halogens is 2. The Morgan fingerprint density at radius 3 is 2.45 bits per heavy atom. The Kier molecular flexibility index (Phi) is 4.69. The fourth-order valence-corrected chi connectivity index (χ4v) is 2.41. The number of nitrogens with zero attached hydrogens (tertiary/aromatic N) is 1. The third-order valence-electron chi connectivity index (χ3n) is 3.34. The molecule has 2 aromatic rings. The van der Waals surface area contributed by atoms with Crippen LogP contribution in [0.4, 0.5) is 14.5 Å². The molecule has 20 heavy (non-hydrogen) atoms. The van der Waals surface area contributed by atoms with Gasteiger partial charge >= 0.3 is 0 Å². The molecule has 0 radical (unpaired) electrons. The number of anilines is 1. The average Bonchev–Trinajstić information content (AvgIpc) is 2.45. The number of hydrogen-bond acceptors (Lipinski definition) is 2. The lowest BCUT2D eigenvalue weighted by atomic mass is 10.0. The lowest BCUT2D eigenvalue weighted by molar-refractivity contribution is 0.560. The van der Waals surface area contributed by atoms with Crippen molar-refractivity contribution in [2.75, 3.05) is 18.0 Å². The zero-order valence-electron chi connectivity index (χ0n) is 11.4. The Morgan fingerprint density at radius 1 is 1.10 bits per heavy atom. The van der Waals surface area contributed by atoms with Gasteiger partial charge in [0, 0.05) is 24.3 Å². The predicted molar refractivity (Wildman–Crippen MR) is 77.6 cm³/mol. The van der Waals surface area contributed by atoms with Gasteiger partial charge in [-0.25, -0.2) is 8.78 Å². The third kappa shape index (κ3) is 2.96. The van der Waals surface area contributed by atoms with Gasteiger partial charge in [0.25, 0.3) is 0 Å². The molecule has 1 unspecified atom stereocenters. The average molecular weight is 276 g/mol. The molecule has 106 valence electrons. The molecule has 2 rings (SSSR count). The maximum atomic E-state index is 14.0. The van der Waals surface area contributed by atoms with E-state index >= 15 is 0 Å². The van der Waals surface area contributed by atoms with Crippen LogP contribution in [-0.4, -0.2) is 13.1 Å². The van der Waals surface area contributed by atoms with Gasteiger partial charge in [0.2, 0.25) is 0 Å². The summed E-state index contributed by atoms with van der Waals surface area (Å²) in [6.07, 6.45) is 0. The number of nitrogens with two attached hydrogens (primary N) is 1. The summed E-state index contributed by atoms with van der Waals surface area (Å²) in [4.78, 5) is 1.90. The zero-order chi connectivity index (χ0) is 14.5. The second kappa shape index (κ2) is 6.48. The van der Waals surface area contributed by atoms with Gasteiger partial charge in [0.15, 0.2) is 0 Å². The highest BCUT2D eigenvalue weighted by Crippen LogP contribution is 2.28. The monoisotopic (exact) mass is 276 g/mol. The maximum absolute atomic E-state index is 14.0. The Labute approximate surface area is 117 Å². The van der Waals surface area contributed by atoms with Crippen LogP contribution in [0, 0.1) is 11.6 Å². The van der Waals surface area contributed by atoms with E-state index in [1.807, 2.05) is 11.8 Å². The molecule has 4 heteroatoms. The quantitative estimate of drug-likeness (QED) is 0.905. The SMILES string of the molecule is CCN(c1cccc(F)c1)C(CN)c1ccccc1F. The van der Waals surface area contributed by atoms with E-state index in [2.05, 4.69) is 0 Å². The maximum Gasteiger partial charge on any atom is 0.128 e. The minimum absolute atomic E-state index is 0.255. The highest BCUT2D eigenvalue weighted by molar-refractivity contribution is 5.49. The molecular formula is C16H18F2N2. The number of hydrogen-bond donors (Lipinski definition) is 1. The first kappa shape index (κ1) is 14.5. The van der Waals surface area contributed by atoms with Crippen LogP contribution in [0.2, 0.25) is 0 Å². The molecule has 0 spiro atoms. The van der Waals surface area contributed by atoms with Crippen molar-refractivity contribution in [3.63, 3.8) is 0 Å². The van der Waals surface area contributed by atoms with Gasteiger partial charge in [-0.1, -0.05) is 24.3 Å². The summed E-state index contributed by atoms with van der Waals surface area (Å²) in [5.41, 5.74) is 7.05. The van der Waals surface area contributed by atoms with Crippen molar-refractivity contribution < 1.29 is 8.78 Å². The topological polar surface area (TPSA) is 29.3 Å². The largest absolute Gasteiger partial charge is 0.363 e. The molecule has 0 heterocycles. The molecule has 0 saturated carbocycles. The minimum atomic E-state index is -0.317. The highest BCUT2D eigenvalue weighted by atomic mass is 19.1. The molecule has 0 bridgehead atoms. The van der Waals surface area contributed by atoms with Gasteiger partial charge < -0.3 is 10.6 Å². The summed E-state index contributed by atoms with van der Waals surface area (Å²) in [7, 11) is 0. The number of likely N-dealkylation sites (N-methyl/N-ethyl adjacent to an activating group) is 1. The molecule has 0 aromatic heterocycles. The van der Waals surface area contributed by atoms with Gasteiger partial charge in [0.1, 0.15) is 11.6 Å². The fourth-order valence-electron chi connectivity index (χ4n) is 2.41. The Morgan fingerprint density at radius 2 is 1.85 bits per heavy atom. The standard InChI is InChI=1S/C16H18F2N2/c1-2-20(13-7-5-6-12(17)10-13)16(11-19)14-8-3-4-9-15(14)18/h3-10,16H,2,11,19H2,1H3. The van der Waals surface area contributed by atoms with E-state index in [4.69, 9.17) is 5.73 Å². The minimum Gasteiger partial charge on any atom is -0.363 e. The third-order valence-corrected chi connectivity index (χ3v) is 3.34. The van der Waals surface area contributed by atoms with Crippen LogP contribution in [0.25, 0.3) is 0 Å². The first-order chi connectivity index (χ1) is 9.67. The molecular weight excluding hydrogens is 258 g/mol. The van der Waals surface area contributed by atoms with E-state index in [0.717, 1.165) is 0 Å². The molecule has 0 aliphatic heterocycles. The van der Waals surface area contributed by atoms with Crippen molar-refractivity contribution in [1.29, 1.82) is 0 Å². The van der Waals surface area contributed by atoms with Crippen molar-refractivity contribution in [3.8, 4) is 0 Å². The van der Waals surface area contributed by atoms with E-state index in [-0.39, 0.29) is 24.2 Å². The van der Waals surface area contributed by atoms with Crippen LogP contribution in [-0.2, 0) is 0 Å². The number of rotatable bonds is 5.